The smallest absolute Gasteiger partial charge is 0.164 e. The van der Waals surface area contributed by atoms with Crippen LogP contribution in [0.5, 0.6) is 0 Å². The van der Waals surface area contributed by atoms with Crippen LogP contribution in [0.4, 0.5) is 14.5 Å². The molecular formula is C17H19F2NO. The maximum absolute atomic E-state index is 13.7. The molecule has 0 saturated heterocycles. The topological polar surface area (TPSA) is 23.5 Å². The van der Waals surface area contributed by atoms with Crippen molar-refractivity contribution in [3.8, 4) is 0 Å². The first-order chi connectivity index (χ1) is 10.0. The second-order valence-electron chi connectivity index (χ2n) is 5.04. The molecule has 2 rings (SSSR count). The van der Waals surface area contributed by atoms with E-state index in [1.807, 2.05) is 43.0 Å². The third-order valence-corrected chi connectivity index (χ3v) is 3.48. The molecule has 0 aliphatic rings. The Kier molecular flexibility index (Phi) is 4.91. The van der Waals surface area contributed by atoms with Gasteiger partial charge in [-0.1, -0.05) is 24.3 Å². The van der Waals surface area contributed by atoms with E-state index in [-0.39, 0.29) is 12.1 Å². The van der Waals surface area contributed by atoms with E-state index in [1.54, 1.807) is 0 Å². The summed E-state index contributed by atoms with van der Waals surface area (Å²) >= 11 is 0. The van der Waals surface area contributed by atoms with Crippen LogP contribution in [0, 0.1) is 18.6 Å². The quantitative estimate of drug-likeness (QED) is 0.905. The molecular weight excluding hydrogens is 272 g/mol. The molecule has 21 heavy (non-hydrogen) atoms. The largest absolute Gasteiger partial charge is 0.386 e. The average molecular weight is 291 g/mol. The normalized spacial score (nSPS) is 12.2. The number of aliphatic hydroxyl groups excluding tert-OH is 1. The first-order valence-electron chi connectivity index (χ1n) is 6.96. The van der Waals surface area contributed by atoms with Gasteiger partial charge in [-0.15, -0.1) is 0 Å². The number of aryl methyl sites for hydroxylation is 1. The summed E-state index contributed by atoms with van der Waals surface area (Å²) in [6.07, 6.45) is -1.08. The van der Waals surface area contributed by atoms with Crippen molar-refractivity contribution in [3.63, 3.8) is 0 Å². The van der Waals surface area contributed by atoms with E-state index in [1.165, 1.54) is 12.1 Å². The highest BCUT2D eigenvalue weighted by atomic mass is 19.2. The third kappa shape index (κ3) is 3.58. The summed E-state index contributed by atoms with van der Waals surface area (Å²) in [5, 5.41) is 10.2. The van der Waals surface area contributed by atoms with Crippen molar-refractivity contribution in [2.24, 2.45) is 0 Å². The second-order valence-corrected chi connectivity index (χ2v) is 5.04. The third-order valence-electron chi connectivity index (χ3n) is 3.48. The van der Waals surface area contributed by atoms with Gasteiger partial charge in [0.25, 0.3) is 0 Å². The van der Waals surface area contributed by atoms with E-state index in [2.05, 4.69) is 0 Å². The molecule has 2 aromatic carbocycles. The van der Waals surface area contributed by atoms with E-state index in [0.717, 1.165) is 17.3 Å². The number of hydrogen-bond donors (Lipinski definition) is 1. The number of anilines is 1. The first-order valence-corrected chi connectivity index (χ1v) is 6.96. The number of rotatable bonds is 5. The second kappa shape index (κ2) is 6.68. The fourth-order valence-corrected chi connectivity index (χ4v) is 2.33. The summed E-state index contributed by atoms with van der Waals surface area (Å²) in [6.45, 7) is 4.81. The molecule has 1 unspecified atom stereocenters. The van der Waals surface area contributed by atoms with Gasteiger partial charge >= 0.3 is 0 Å². The van der Waals surface area contributed by atoms with Crippen LogP contribution in [0.1, 0.15) is 24.2 Å². The Morgan fingerprint density at radius 2 is 1.86 bits per heavy atom. The lowest BCUT2D eigenvalue weighted by Gasteiger charge is -2.26. The molecule has 0 fully saturated rings. The van der Waals surface area contributed by atoms with Crippen molar-refractivity contribution in [2.45, 2.75) is 20.0 Å². The fraction of sp³-hybridized carbons (Fsp3) is 0.294. The predicted molar refractivity (Wildman–Crippen MR) is 80.4 cm³/mol. The zero-order chi connectivity index (χ0) is 15.4. The molecule has 0 aliphatic heterocycles. The van der Waals surface area contributed by atoms with Crippen LogP contribution < -0.4 is 4.90 Å². The van der Waals surface area contributed by atoms with Crippen LogP contribution in [0.3, 0.4) is 0 Å². The van der Waals surface area contributed by atoms with Gasteiger partial charge in [-0.2, -0.15) is 0 Å². The molecule has 4 heteroatoms. The van der Waals surface area contributed by atoms with Gasteiger partial charge in [0.2, 0.25) is 0 Å². The summed E-state index contributed by atoms with van der Waals surface area (Å²) in [7, 11) is 0. The van der Waals surface area contributed by atoms with E-state index in [4.69, 9.17) is 0 Å². The predicted octanol–water partition coefficient (Wildman–Crippen LogP) is 3.83. The first kappa shape index (κ1) is 15.4. The molecule has 2 aromatic rings. The molecule has 0 bridgehead atoms. The molecule has 0 saturated carbocycles. The van der Waals surface area contributed by atoms with Crippen LogP contribution in [0.15, 0.2) is 42.5 Å². The van der Waals surface area contributed by atoms with Gasteiger partial charge in [0, 0.05) is 24.3 Å². The summed E-state index contributed by atoms with van der Waals surface area (Å²) in [4.78, 5) is 1.93. The van der Waals surface area contributed by atoms with Crippen LogP contribution >= 0.6 is 0 Å². The Bertz CT molecular complexity index is 615. The zero-order valence-electron chi connectivity index (χ0n) is 12.2. The minimum absolute atomic E-state index is 0.0129. The van der Waals surface area contributed by atoms with Crippen molar-refractivity contribution in [1.82, 2.24) is 0 Å². The van der Waals surface area contributed by atoms with Gasteiger partial charge in [0.05, 0.1) is 6.10 Å². The monoisotopic (exact) mass is 291 g/mol. The molecule has 0 amide bonds. The number of likely N-dealkylation sites (N-methyl/N-ethyl adjacent to an activating group) is 1. The highest BCUT2D eigenvalue weighted by Crippen LogP contribution is 2.23. The Hall–Kier alpha value is -1.94. The fourth-order valence-electron chi connectivity index (χ4n) is 2.33. The lowest BCUT2D eigenvalue weighted by molar-refractivity contribution is 0.177. The minimum atomic E-state index is -1.08. The Morgan fingerprint density at radius 3 is 2.52 bits per heavy atom. The molecule has 2 nitrogen and oxygen atoms in total. The van der Waals surface area contributed by atoms with Crippen molar-refractivity contribution >= 4 is 5.69 Å². The molecule has 112 valence electrons. The Morgan fingerprint density at radius 1 is 1.14 bits per heavy atom. The van der Waals surface area contributed by atoms with Gasteiger partial charge in [-0.25, -0.2) is 8.78 Å². The molecule has 0 aromatic heterocycles. The van der Waals surface area contributed by atoms with Gasteiger partial charge < -0.3 is 10.0 Å². The van der Waals surface area contributed by atoms with Crippen molar-refractivity contribution in [2.75, 3.05) is 18.0 Å². The van der Waals surface area contributed by atoms with Crippen LogP contribution in [0.25, 0.3) is 0 Å². The Balaban J connectivity index is 2.20. The summed E-state index contributed by atoms with van der Waals surface area (Å²) < 4.78 is 27.0. The lowest BCUT2D eigenvalue weighted by Crippen LogP contribution is -2.28. The standard InChI is InChI=1S/C17H19F2NO/c1-3-20(13-7-4-6-12(2)10-13)11-16(21)14-8-5-9-15(18)17(14)19/h4-10,16,21H,3,11H2,1-2H3. The van der Waals surface area contributed by atoms with Gasteiger partial charge in [0.15, 0.2) is 11.6 Å². The molecule has 0 spiro atoms. The minimum Gasteiger partial charge on any atom is -0.386 e. The average Bonchev–Trinajstić information content (AvgIpc) is 2.47. The molecule has 0 aliphatic carbocycles. The molecule has 0 radical (unpaired) electrons. The maximum Gasteiger partial charge on any atom is 0.164 e. The number of nitrogens with zero attached hydrogens (tertiary/aromatic N) is 1. The number of halogens is 2. The van der Waals surface area contributed by atoms with E-state index in [0.29, 0.717) is 6.54 Å². The zero-order valence-corrected chi connectivity index (χ0v) is 12.2. The number of benzene rings is 2. The van der Waals surface area contributed by atoms with E-state index in [9.17, 15) is 13.9 Å². The van der Waals surface area contributed by atoms with Crippen molar-refractivity contribution in [3.05, 3.63) is 65.2 Å². The molecule has 1 N–H and O–H groups in total. The van der Waals surface area contributed by atoms with Crippen LogP contribution in [0.2, 0.25) is 0 Å². The maximum atomic E-state index is 13.7. The number of aliphatic hydroxyl groups is 1. The van der Waals surface area contributed by atoms with Gasteiger partial charge in [0.1, 0.15) is 0 Å². The van der Waals surface area contributed by atoms with Crippen molar-refractivity contribution in [1.29, 1.82) is 0 Å². The van der Waals surface area contributed by atoms with E-state index < -0.39 is 17.7 Å². The summed E-state index contributed by atoms with van der Waals surface area (Å²) in [6, 6.07) is 11.7. The van der Waals surface area contributed by atoms with Gasteiger partial charge in [-0.05, 0) is 37.6 Å². The van der Waals surface area contributed by atoms with E-state index >= 15 is 0 Å². The SMILES string of the molecule is CCN(CC(O)c1cccc(F)c1F)c1cccc(C)c1. The molecule has 1 atom stereocenters. The Labute approximate surface area is 123 Å². The van der Waals surface area contributed by atoms with Crippen LogP contribution in [-0.4, -0.2) is 18.2 Å². The summed E-state index contributed by atoms with van der Waals surface area (Å²) in [5.41, 5.74) is 2.05. The summed E-state index contributed by atoms with van der Waals surface area (Å²) in [5.74, 6) is -1.92. The molecule has 0 heterocycles. The van der Waals surface area contributed by atoms with Crippen molar-refractivity contribution < 1.29 is 13.9 Å². The number of hydrogen-bond acceptors (Lipinski definition) is 2. The highest BCUT2D eigenvalue weighted by Gasteiger charge is 2.18. The lowest BCUT2D eigenvalue weighted by atomic mass is 10.1. The highest BCUT2D eigenvalue weighted by molar-refractivity contribution is 5.48. The van der Waals surface area contributed by atoms with Gasteiger partial charge in [-0.3, -0.25) is 0 Å². The van der Waals surface area contributed by atoms with Crippen LogP contribution in [-0.2, 0) is 0 Å².